The molecule has 1 aliphatic rings. The van der Waals surface area contributed by atoms with Crippen LogP contribution in [0.15, 0.2) is 66.7 Å². The molecule has 6 nitrogen and oxygen atoms in total. The minimum Gasteiger partial charge on any atom is -0.493 e. The van der Waals surface area contributed by atoms with Crippen LogP contribution in [0.2, 0.25) is 0 Å². The van der Waals surface area contributed by atoms with E-state index in [1.807, 2.05) is 35.2 Å². The topological polar surface area (TPSA) is 48.1 Å². The summed E-state index contributed by atoms with van der Waals surface area (Å²) in [4.78, 5) is 20.4. The van der Waals surface area contributed by atoms with Gasteiger partial charge in [0.1, 0.15) is 5.75 Å². The molecule has 1 heterocycles. The van der Waals surface area contributed by atoms with E-state index in [-0.39, 0.29) is 5.91 Å². The van der Waals surface area contributed by atoms with Gasteiger partial charge in [-0.25, -0.2) is 0 Å². The summed E-state index contributed by atoms with van der Waals surface area (Å²) in [5.74, 6) is 0.764. The van der Waals surface area contributed by atoms with Gasteiger partial charge in [-0.15, -0.1) is 0 Å². The fraction of sp³-hybridized carbons (Fsp3) is 0.406. The molecular formula is C32H42N4O2. The molecule has 0 bridgehead atoms. The van der Waals surface area contributed by atoms with Crippen LogP contribution >= 0.6 is 0 Å². The maximum absolute atomic E-state index is 13.9. The van der Waals surface area contributed by atoms with Crippen LogP contribution < -0.4 is 15.0 Å². The zero-order valence-electron chi connectivity index (χ0n) is 23.4. The van der Waals surface area contributed by atoms with Gasteiger partial charge in [-0.2, -0.15) is 0 Å². The van der Waals surface area contributed by atoms with Crippen LogP contribution in [0.5, 0.6) is 5.75 Å². The zero-order chi connectivity index (χ0) is 26.9. The van der Waals surface area contributed by atoms with Crippen molar-refractivity contribution in [3.8, 4) is 16.9 Å². The number of benzene rings is 3. The summed E-state index contributed by atoms with van der Waals surface area (Å²) < 4.78 is 6.37. The van der Waals surface area contributed by atoms with Crippen molar-refractivity contribution >= 4 is 17.3 Å². The number of nitrogens with zero attached hydrogens (tertiary/aromatic N) is 3. The lowest BCUT2D eigenvalue weighted by atomic mass is 10.0. The number of para-hydroxylation sites is 1. The van der Waals surface area contributed by atoms with Gasteiger partial charge in [0.15, 0.2) is 0 Å². The summed E-state index contributed by atoms with van der Waals surface area (Å²) in [7, 11) is 4.25. The molecule has 4 rings (SSSR count). The largest absolute Gasteiger partial charge is 0.493 e. The lowest BCUT2D eigenvalue weighted by Crippen LogP contribution is -2.35. The van der Waals surface area contributed by atoms with Crippen LogP contribution in [-0.2, 0) is 6.54 Å². The molecule has 0 unspecified atom stereocenters. The summed E-state index contributed by atoms with van der Waals surface area (Å²) in [5, 5.41) is 3.35. The first-order valence-electron chi connectivity index (χ1n) is 13.9. The Morgan fingerprint density at radius 3 is 2.55 bits per heavy atom. The van der Waals surface area contributed by atoms with Crippen molar-refractivity contribution in [2.75, 3.05) is 63.6 Å². The summed E-state index contributed by atoms with van der Waals surface area (Å²) in [6.45, 7) is 10.2. The molecular weight excluding hydrogens is 472 g/mol. The maximum atomic E-state index is 13.9. The Hall–Kier alpha value is -3.35. The van der Waals surface area contributed by atoms with Gasteiger partial charge >= 0.3 is 0 Å². The highest BCUT2D eigenvalue weighted by Gasteiger charge is 2.24. The molecule has 38 heavy (non-hydrogen) atoms. The fourth-order valence-electron chi connectivity index (χ4n) is 5.03. The van der Waals surface area contributed by atoms with Crippen LogP contribution in [0.4, 0.5) is 11.4 Å². The Bertz CT molecular complexity index is 1190. The number of anilines is 2. The van der Waals surface area contributed by atoms with E-state index in [4.69, 9.17) is 4.74 Å². The Morgan fingerprint density at radius 2 is 1.79 bits per heavy atom. The van der Waals surface area contributed by atoms with Gasteiger partial charge in [0.2, 0.25) is 0 Å². The van der Waals surface area contributed by atoms with Gasteiger partial charge < -0.3 is 24.8 Å². The average Bonchev–Trinajstić information content (AvgIpc) is 3.09. The van der Waals surface area contributed by atoms with E-state index in [2.05, 4.69) is 79.5 Å². The highest BCUT2D eigenvalue weighted by Crippen LogP contribution is 2.34. The Labute approximate surface area is 228 Å². The number of carbonyl (C=O) groups excluding carboxylic acids is 1. The molecule has 6 heteroatoms. The number of amides is 1. The van der Waals surface area contributed by atoms with Crippen molar-refractivity contribution in [3.63, 3.8) is 0 Å². The number of likely N-dealkylation sites (N-methyl/N-ethyl adjacent to an activating group) is 1. The fourth-order valence-corrected chi connectivity index (χ4v) is 5.03. The average molecular weight is 515 g/mol. The van der Waals surface area contributed by atoms with Crippen LogP contribution in [0.1, 0.15) is 42.6 Å². The monoisotopic (exact) mass is 514 g/mol. The molecule has 202 valence electrons. The first-order valence-corrected chi connectivity index (χ1v) is 13.9. The van der Waals surface area contributed by atoms with Crippen LogP contribution in [0, 0.1) is 0 Å². The molecule has 1 aliphatic heterocycles. The quantitative estimate of drug-likeness (QED) is 0.319. The number of carbonyl (C=O) groups is 1. The number of hydrogen-bond acceptors (Lipinski definition) is 5. The van der Waals surface area contributed by atoms with E-state index in [9.17, 15) is 4.79 Å². The Balaban J connectivity index is 1.61. The number of hydrogen-bond donors (Lipinski definition) is 1. The first kappa shape index (κ1) is 27.7. The van der Waals surface area contributed by atoms with Crippen molar-refractivity contribution < 1.29 is 9.53 Å². The Morgan fingerprint density at radius 1 is 1.00 bits per heavy atom. The second-order valence-electron chi connectivity index (χ2n) is 10.1. The van der Waals surface area contributed by atoms with Gasteiger partial charge in [0.25, 0.3) is 5.91 Å². The van der Waals surface area contributed by atoms with Crippen LogP contribution in [-0.4, -0.2) is 69.1 Å². The third-order valence-electron chi connectivity index (χ3n) is 7.03. The molecule has 0 saturated heterocycles. The van der Waals surface area contributed by atoms with Gasteiger partial charge in [0.05, 0.1) is 6.61 Å². The highest BCUT2D eigenvalue weighted by molar-refractivity contribution is 6.07. The molecule has 0 aliphatic carbocycles. The van der Waals surface area contributed by atoms with Crippen molar-refractivity contribution in [2.45, 2.75) is 33.2 Å². The zero-order valence-corrected chi connectivity index (χ0v) is 23.4. The van der Waals surface area contributed by atoms with Crippen LogP contribution in [0.3, 0.4) is 0 Å². The van der Waals surface area contributed by atoms with E-state index in [0.717, 1.165) is 73.8 Å². The first-order chi connectivity index (χ1) is 18.5. The van der Waals surface area contributed by atoms with Crippen molar-refractivity contribution in [1.29, 1.82) is 0 Å². The standard InChI is InChI=1S/C32H42N4O2/c1-5-18-34(3)19-9-22-38-31-23-26(14-17-29(31)25-12-15-28(16-13-25)33-6-2)32(37)36-21-20-35(4)24-27-10-7-8-11-30(27)36/h7-8,10-17,23,33H,5-6,9,18-22,24H2,1-4H3. The predicted octanol–water partition coefficient (Wildman–Crippen LogP) is 5.99. The smallest absolute Gasteiger partial charge is 0.258 e. The molecule has 3 aromatic rings. The number of rotatable bonds is 11. The normalized spacial score (nSPS) is 13.8. The summed E-state index contributed by atoms with van der Waals surface area (Å²) in [6.07, 6.45) is 2.07. The Kier molecular flexibility index (Phi) is 9.79. The molecule has 1 N–H and O–H groups in total. The second kappa shape index (κ2) is 13.4. The van der Waals surface area contributed by atoms with Gasteiger partial charge in [-0.1, -0.05) is 37.3 Å². The number of nitrogens with one attached hydrogen (secondary N) is 1. The van der Waals surface area contributed by atoms with Gasteiger partial charge in [-0.05, 0) is 87.9 Å². The second-order valence-corrected chi connectivity index (χ2v) is 10.1. The summed E-state index contributed by atoms with van der Waals surface area (Å²) in [6, 6.07) is 22.5. The molecule has 0 radical (unpaired) electrons. The molecule has 0 atom stereocenters. The molecule has 0 spiro atoms. The van der Waals surface area contributed by atoms with E-state index >= 15 is 0 Å². The van der Waals surface area contributed by atoms with E-state index < -0.39 is 0 Å². The minimum atomic E-state index is 0.00863. The SMILES string of the molecule is CCCN(C)CCCOc1cc(C(=O)N2CCN(C)Cc3ccccc32)ccc1-c1ccc(NCC)cc1. The van der Waals surface area contributed by atoms with Gasteiger partial charge in [-0.3, -0.25) is 4.79 Å². The van der Waals surface area contributed by atoms with Crippen molar-refractivity contribution in [2.24, 2.45) is 0 Å². The summed E-state index contributed by atoms with van der Waals surface area (Å²) >= 11 is 0. The summed E-state index contributed by atoms with van der Waals surface area (Å²) in [5.41, 5.74) is 5.98. The molecule has 1 amide bonds. The van der Waals surface area contributed by atoms with Crippen LogP contribution in [0.25, 0.3) is 11.1 Å². The molecule has 3 aromatic carbocycles. The predicted molar refractivity (Wildman–Crippen MR) is 158 cm³/mol. The molecule has 0 fully saturated rings. The maximum Gasteiger partial charge on any atom is 0.258 e. The lowest BCUT2D eigenvalue weighted by molar-refractivity contribution is 0.0985. The van der Waals surface area contributed by atoms with E-state index in [0.29, 0.717) is 18.7 Å². The third kappa shape index (κ3) is 6.94. The lowest BCUT2D eigenvalue weighted by Gasteiger charge is -2.23. The molecule has 0 aromatic heterocycles. The highest BCUT2D eigenvalue weighted by atomic mass is 16.5. The van der Waals surface area contributed by atoms with E-state index in [1.165, 1.54) is 5.56 Å². The third-order valence-corrected chi connectivity index (χ3v) is 7.03. The van der Waals surface area contributed by atoms with Crippen molar-refractivity contribution in [1.82, 2.24) is 9.80 Å². The van der Waals surface area contributed by atoms with Crippen molar-refractivity contribution in [3.05, 3.63) is 77.9 Å². The minimum absolute atomic E-state index is 0.00863. The number of fused-ring (bicyclic) bond motifs is 1. The van der Waals surface area contributed by atoms with Gasteiger partial charge in [0, 0.05) is 55.2 Å². The molecule has 0 saturated carbocycles. The van der Waals surface area contributed by atoms with E-state index in [1.54, 1.807) is 0 Å². The number of ether oxygens (including phenoxy) is 1.